The molecule has 1 aliphatic heterocycles. The minimum Gasteiger partial charge on any atom is -0.493 e. The molecule has 2 aromatic carbocycles. The molecule has 1 atom stereocenters. The fraction of sp³-hybridized carbons (Fsp3) is 0.360. The zero-order valence-electron chi connectivity index (χ0n) is 18.3. The van der Waals surface area contributed by atoms with Gasteiger partial charge in [0.25, 0.3) is 0 Å². The number of rotatable bonds is 8. The molecular formula is C25H27FN2O4. The number of hydrogen-bond donors (Lipinski definition) is 0. The molecule has 168 valence electrons. The lowest BCUT2D eigenvalue weighted by molar-refractivity contribution is 0.101. The lowest BCUT2D eigenvalue weighted by Crippen LogP contribution is -2.33. The maximum Gasteiger partial charge on any atom is 0.170 e. The number of aromatic nitrogens is 1. The highest BCUT2D eigenvalue weighted by Gasteiger charge is 2.27. The Morgan fingerprint density at radius 3 is 2.91 bits per heavy atom. The number of ether oxygens (including phenoxy) is 2. The number of nitrogens with zero attached hydrogens (tertiary/aromatic N) is 2. The lowest BCUT2D eigenvalue weighted by Gasteiger charge is -2.33. The zero-order chi connectivity index (χ0) is 22.5. The first-order chi connectivity index (χ1) is 15.6. The number of carbonyl (C=O) groups is 1. The molecule has 1 unspecified atom stereocenters. The standard InChI is InChI=1S/C25H27FN2O4/c1-17(29)18-8-11-22(24(15-18)30-2)31-14-6-5-13-28-12-4-3-7-21(28)25-20-10-9-19(26)16-23(20)32-27-25/h5-6,8-11,15-16,21H,3-4,7,12-14H2,1-2H3. The summed E-state index contributed by atoms with van der Waals surface area (Å²) in [5.41, 5.74) is 1.95. The van der Waals surface area contributed by atoms with Crippen LogP contribution < -0.4 is 9.47 Å². The smallest absolute Gasteiger partial charge is 0.170 e. The molecule has 0 spiro atoms. The number of carbonyl (C=O) groups excluding carboxylic acids is 1. The molecule has 32 heavy (non-hydrogen) atoms. The van der Waals surface area contributed by atoms with Gasteiger partial charge in [-0.3, -0.25) is 9.69 Å². The molecular weight excluding hydrogens is 411 g/mol. The van der Waals surface area contributed by atoms with Gasteiger partial charge in [0.15, 0.2) is 22.9 Å². The summed E-state index contributed by atoms with van der Waals surface area (Å²) in [5, 5.41) is 5.13. The molecule has 0 aliphatic carbocycles. The van der Waals surface area contributed by atoms with E-state index in [0.29, 0.717) is 29.3 Å². The molecule has 1 aromatic heterocycles. The number of fused-ring (bicyclic) bond motifs is 1. The minimum absolute atomic E-state index is 0.0177. The predicted molar refractivity (Wildman–Crippen MR) is 120 cm³/mol. The summed E-state index contributed by atoms with van der Waals surface area (Å²) in [4.78, 5) is 13.9. The Labute approximate surface area is 186 Å². The molecule has 1 aliphatic rings. The van der Waals surface area contributed by atoms with Crippen molar-refractivity contribution in [2.24, 2.45) is 0 Å². The number of halogens is 1. The zero-order valence-corrected chi connectivity index (χ0v) is 18.3. The van der Waals surface area contributed by atoms with E-state index in [4.69, 9.17) is 14.0 Å². The van der Waals surface area contributed by atoms with Crippen LogP contribution in [-0.4, -0.2) is 42.6 Å². The van der Waals surface area contributed by atoms with Gasteiger partial charge in [-0.1, -0.05) is 23.7 Å². The van der Waals surface area contributed by atoms with E-state index >= 15 is 0 Å². The van der Waals surface area contributed by atoms with Crippen molar-refractivity contribution >= 4 is 16.8 Å². The second-order valence-corrected chi connectivity index (χ2v) is 7.92. The Morgan fingerprint density at radius 2 is 2.09 bits per heavy atom. The molecule has 0 bridgehead atoms. The van der Waals surface area contributed by atoms with Gasteiger partial charge in [0, 0.05) is 23.6 Å². The highest BCUT2D eigenvalue weighted by Crippen LogP contribution is 2.34. The van der Waals surface area contributed by atoms with E-state index in [1.807, 2.05) is 6.08 Å². The van der Waals surface area contributed by atoms with E-state index in [2.05, 4.69) is 16.1 Å². The number of ketones is 1. The van der Waals surface area contributed by atoms with Crippen LogP contribution in [0.5, 0.6) is 11.5 Å². The van der Waals surface area contributed by atoms with Crippen molar-refractivity contribution in [1.29, 1.82) is 0 Å². The Balaban J connectivity index is 1.38. The van der Waals surface area contributed by atoms with Crippen molar-refractivity contribution in [2.45, 2.75) is 32.2 Å². The maximum absolute atomic E-state index is 13.5. The molecule has 0 amide bonds. The van der Waals surface area contributed by atoms with Crippen LogP contribution in [0.2, 0.25) is 0 Å². The topological polar surface area (TPSA) is 64.8 Å². The fourth-order valence-corrected chi connectivity index (χ4v) is 4.11. The summed E-state index contributed by atoms with van der Waals surface area (Å²) in [6, 6.07) is 9.89. The van der Waals surface area contributed by atoms with Crippen LogP contribution >= 0.6 is 0 Å². The number of benzene rings is 2. The third kappa shape index (κ3) is 4.83. The number of hydrogen-bond acceptors (Lipinski definition) is 6. The SMILES string of the molecule is COc1cc(C(C)=O)ccc1OCC=CCN1CCCCC1c1noc2cc(F)ccc12. The summed E-state index contributed by atoms with van der Waals surface area (Å²) in [5.74, 6) is 0.794. The van der Waals surface area contributed by atoms with Gasteiger partial charge >= 0.3 is 0 Å². The first kappa shape index (κ1) is 22.0. The van der Waals surface area contributed by atoms with Gasteiger partial charge in [0.2, 0.25) is 0 Å². The summed E-state index contributed by atoms with van der Waals surface area (Å²) >= 11 is 0. The number of piperidine rings is 1. The highest BCUT2D eigenvalue weighted by molar-refractivity contribution is 5.94. The van der Waals surface area contributed by atoms with Crippen molar-refractivity contribution < 1.29 is 23.2 Å². The van der Waals surface area contributed by atoms with Gasteiger partial charge in [-0.15, -0.1) is 0 Å². The summed E-state index contributed by atoms with van der Waals surface area (Å²) < 4.78 is 30.0. The van der Waals surface area contributed by atoms with Crippen LogP contribution in [-0.2, 0) is 0 Å². The summed E-state index contributed by atoms with van der Waals surface area (Å²) in [6.45, 7) is 3.63. The monoisotopic (exact) mass is 438 g/mol. The first-order valence-electron chi connectivity index (χ1n) is 10.8. The van der Waals surface area contributed by atoms with Crippen LogP contribution in [0.15, 0.2) is 53.1 Å². The molecule has 1 saturated heterocycles. The van der Waals surface area contributed by atoms with Gasteiger partial charge in [-0.05, 0) is 56.6 Å². The van der Waals surface area contributed by atoms with Gasteiger partial charge < -0.3 is 14.0 Å². The molecule has 0 radical (unpaired) electrons. The molecule has 6 nitrogen and oxygen atoms in total. The minimum atomic E-state index is -0.323. The average molecular weight is 438 g/mol. The molecule has 2 heterocycles. The molecule has 0 saturated carbocycles. The molecule has 3 aromatic rings. The van der Waals surface area contributed by atoms with Crippen LogP contribution in [0.1, 0.15) is 48.3 Å². The van der Waals surface area contributed by atoms with E-state index in [9.17, 15) is 9.18 Å². The van der Waals surface area contributed by atoms with Crippen LogP contribution in [0.4, 0.5) is 4.39 Å². The van der Waals surface area contributed by atoms with Crippen LogP contribution in [0.3, 0.4) is 0 Å². The van der Waals surface area contributed by atoms with E-state index in [0.717, 1.165) is 43.4 Å². The fourth-order valence-electron chi connectivity index (χ4n) is 4.11. The van der Waals surface area contributed by atoms with Crippen molar-refractivity contribution in [1.82, 2.24) is 10.1 Å². The largest absolute Gasteiger partial charge is 0.493 e. The van der Waals surface area contributed by atoms with Crippen molar-refractivity contribution in [3.8, 4) is 11.5 Å². The van der Waals surface area contributed by atoms with Gasteiger partial charge in [-0.2, -0.15) is 0 Å². The molecule has 4 rings (SSSR count). The van der Waals surface area contributed by atoms with E-state index in [1.54, 1.807) is 31.4 Å². The van der Waals surface area contributed by atoms with Crippen molar-refractivity contribution in [2.75, 3.05) is 26.8 Å². The third-order valence-corrected chi connectivity index (χ3v) is 5.80. The number of likely N-dealkylation sites (tertiary alicyclic amines) is 1. The maximum atomic E-state index is 13.5. The normalized spacial score (nSPS) is 17.2. The first-order valence-corrected chi connectivity index (χ1v) is 10.8. The average Bonchev–Trinajstić information content (AvgIpc) is 3.21. The molecule has 1 fully saturated rings. The Kier molecular flexibility index (Phi) is 6.85. The predicted octanol–water partition coefficient (Wildman–Crippen LogP) is 5.34. The lowest BCUT2D eigenvalue weighted by atomic mass is 9.97. The van der Waals surface area contributed by atoms with Gasteiger partial charge in [0.05, 0.1) is 13.2 Å². The van der Waals surface area contributed by atoms with E-state index in [-0.39, 0.29) is 17.6 Å². The quantitative estimate of drug-likeness (QED) is 0.349. The van der Waals surface area contributed by atoms with Crippen LogP contribution in [0.25, 0.3) is 11.0 Å². The Hall–Kier alpha value is -3.19. The van der Waals surface area contributed by atoms with Crippen LogP contribution in [0, 0.1) is 5.82 Å². The third-order valence-electron chi connectivity index (χ3n) is 5.80. The van der Waals surface area contributed by atoms with Gasteiger partial charge in [-0.25, -0.2) is 4.39 Å². The Morgan fingerprint density at radius 1 is 1.22 bits per heavy atom. The number of Topliss-reactive ketones (excluding diaryl/α,β-unsaturated/α-hetero) is 1. The van der Waals surface area contributed by atoms with E-state index in [1.165, 1.54) is 19.1 Å². The summed E-state index contributed by atoms with van der Waals surface area (Å²) in [6.07, 6.45) is 7.30. The molecule has 0 N–H and O–H groups in total. The second-order valence-electron chi connectivity index (χ2n) is 7.92. The van der Waals surface area contributed by atoms with Gasteiger partial charge in [0.1, 0.15) is 18.1 Å². The second kappa shape index (κ2) is 9.96. The highest BCUT2D eigenvalue weighted by atomic mass is 19.1. The number of methoxy groups -OCH3 is 1. The Bertz CT molecular complexity index is 1120. The molecule has 7 heteroatoms. The summed E-state index contributed by atoms with van der Waals surface area (Å²) in [7, 11) is 1.56. The van der Waals surface area contributed by atoms with E-state index < -0.39 is 0 Å². The van der Waals surface area contributed by atoms with Crippen molar-refractivity contribution in [3.63, 3.8) is 0 Å². The van der Waals surface area contributed by atoms with Crippen molar-refractivity contribution in [3.05, 3.63) is 65.6 Å².